The number of benzene rings is 1. The van der Waals surface area contributed by atoms with E-state index in [0.29, 0.717) is 19.1 Å². The summed E-state index contributed by atoms with van der Waals surface area (Å²) in [5.74, 6) is 2.21. The average molecular weight is 263 g/mol. The lowest BCUT2D eigenvalue weighted by atomic mass is 9.78. The van der Waals surface area contributed by atoms with Crippen LogP contribution in [0, 0.1) is 11.3 Å². The van der Waals surface area contributed by atoms with Gasteiger partial charge in [-0.25, -0.2) is 0 Å². The third-order valence-corrected chi connectivity index (χ3v) is 4.08. The Morgan fingerprint density at radius 3 is 2.42 bits per heavy atom. The van der Waals surface area contributed by atoms with Crippen LogP contribution >= 0.6 is 0 Å². The zero-order valence-corrected chi connectivity index (χ0v) is 12.4. The molecule has 1 aromatic carbocycles. The molecule has 0 spiro atoms. The van der Waals surface area contributed by atoms with Crippen LogP contribution in [0.4, 0.5) is 0 Å². The first-order valence-electron chi connectivity index (χ1n) is 7.03. The number of fused-ring (bicyclic) bond motifs is 1. The molecule has 1 aliphatic heterocycles. The standard InChI is InChI=1S/C16H25NO2/c1-11(16(2,3)4)9-13(17)12-5-6-14-15(10-12)19-8-7-18-14/h5-6,10-11,13H,7-9,17H2,1-4H3. The van der Waals surface area contributed by atoms with E-state index in [1.165, 1.54) is 0 Å². The molecule has 0 amide bonds. The second-order valence-corrected chi connectivity index (χ2v) is 6.51. The highest BCUT2D eigenvalue weighted by Gasteiger charge is 2.23. The summed E-state index contributed by atoms with van der Waals surface area (Å²) in [6.45, 7) is 10.3. The van der Waals surface area contributed by atoms with Crippen LogP contribution in [-0.4, -0.2) is 13.2 Å². The minimum absolute atomic E-state index is 0.0463. The van der Waals surface area contributed by atoms with E-state index in [2.05, 4.69) is 27.7 Å². The Morgan fingerprint density at radius 1 is 1.16 bits per heavy atom. The lowest BCUT2D eigenvalue weighted by molar-refractivity contribution is 0.171. The van der Waals surface area contributed by atoms with Crippen LogP contribution in [-0.2, 0) is 0 Å². The Labute approximate surface area is 116 Å². The summed E-state index contributed by atoms with van der Waals surface area (Å²) in [5.41, 5.74) is 7.74. The number of ether oxygens (including phenoxy) is 2. The summed E-state index contributed by atoms with van der Waals surface area (Å²) >= 11 is 0. The van der Waals surface area contributed by atoms with E-state index < -0.39 is 0 Å². The molecule has 3 nitrogen and oxygen atoms in total. The molecule has 0 bridgehead atoms. The fourth-order valence-electron chi connectivity index (χ4n) is 2.16. The molecule has 0 saturated carbocycles. The highest BCUT2D eigenvalue weighted by atomic mass is 16.6. The van der Waals surface area contributed by atoms with Crippen molar-refractivity contribution < 1.29 is 9.47 Å². The van der Waals surface area contributed by atoms with Gasteiger partial charge in [-0.05, 0) is 35.4 Å². The van der Waals surface area contributed by atoms with Crippen molar-refractivity contribution in [2.45, 2.75) is 40.2 Å². The van der Waals surface area contributed by atoms with Crippen molar-refractivity contribution in [1.82, 2.24) is 0 Å². The number of hydrogen-bond acceptors (Lipinski definition) is 3. The Balaban J connectivity index is 2.09. The molecular weight excluding hydrogens is 238 g/mol. The lowest BCUT2D eigenvalue weighted by Gasteiger charge is -2.30. The van der Waals surface area contributed by atoms with Gasteiger partial charge >= 0.3 is 0 Å². The van der Waals surface area contributed by atoms with Crippen molar-refractivity contribution in [3.05, 3.63) is 23.8 Å². The first-order chi connectivity index (χ1) is 8.88. The van der Waals surface area contributed by atoms with Crippen molar-refractivity contribution >= 4 is 0 Å². The molecule has 1 aromatic rings. The predicted molar refractivity (Wildman–Crippen MR) is 77.6 cm³/mol. The van der Waals surface area contributed by atoms with E-state index in [1.54, 1.807) is 0 Å². The van der Waals surface area contributed by atoms with E-state index in [9.17, 15) is 0 Å². The van der Waals surface area contributed by atoms with Crippen LogP contribution in [0.1, 0.15) is 45.7 Å². The van der Waals surface area contributed by atoms with E-state index in [1.807, 2.05) is 18.2 Å². The molecule has 0 saturated heterocycles. The molecule has 2 N–H and O–H groups in total. The van der Waals surface area contributed by atoms with Crippen LogP contribution < -0.4 is 15.2 Å². The van der Waals surface area contributed by atoms with Gasteiger partial charge in [-0.2, -0.15) is 0 Å². The van der Waals surface area contributed by atoms with Gasteiger partial charge in [0, 0.05) is 6.04 Å². The molecule has 0 aromatic heterocycles. The molecular formula is C16H25NO2. The summed E-state index contributed by atoms with van der Waals surface area (Å²) in [7, 11) is 0. The maximum atomic E-state index is 6.33. The highest BCUT2D eigenvalue weighted by molar-refractivity contribution is 5.44. The lowest BCUT2D eigenvalue weighted by Crippen LogP contribution is -2.23. The Kier molecular flexibility index (Phi) is 4.04. The smallest absolute Gasteiger partial charge is 0.161 e. The molecule has 2 rings (SSSR count). The molecule has 19 heavy (non-hydrogen) atoms. The summed E-state index contributed by atoms with van der Waals surface area (Å²) < 4.78 is 11.1. The first-order valence-corrected chi connectivity index (χ1v) is 7.03. The van der Waals surface area contributed by atoms with Crippen molar-refractivity contribution in [2.24, 2.45) is 17.1 Å². The van der Waals surface area contributed by atoms with Crippen LogP contribution in [0.3, 0.4) is 0 Å². The van der Waals surface area contributed by atoms with Gasteiger partial charge in [0.05, 0.1) is 0 Å². The minimum atomic E-state index is 0.0463. The summed E-state index contributed by atoms with van der Waals surface area (Å²) in [6, 6.07) is 6.08. The van der Waals surface area contributed by atoms with E-state index in [0.717, 1.165) is 23.5 Å². The topological polar surface area (TPSA) is 44.5 Å². The minimum Gasteiger partial charge on any atom is -0.486 e. The first kappa shape index (κ1) is 14.2. The molecule has 1 aliphatic rings. The average Bonchev–Trinajstić information content (AvgIpc) is 2.37. The largest absolute Gasteiger partial charge is 0.486 e. The maximum absolute atomic E-state index is 6.33. The van der Waals surface area contributed by atoms with Gasteiger partial charge in [-0.15, -0.1) is 0 Å². The van der Waals surface area contributed by atoms with E-state index >= 15 is 0 Å². The van der Waals surface area contributed by atoms with Gasteiger partial charge in [0.1, 0.15) is 13.2 Å². The monoisotopic (exact) mass is 263 g/mol. The van der Waals surface area contributed by atoms with Crippen molar-refractivity contribution in [1.29, 1.82) is 0 Å². The van der Waals surface area contributed by atoms with Gasteiger partial charge in [-0.3, -0.25) is 0 Å². The SMILES string of the molecule is CC(CC(N)c1ccc2c(c1)OCCO2)C(C)(C)C. The molecule has 106 valence electrons. The van der Waals surface area contributed by atoms with Gasteiger partial charge < -0.3 is 15.2 Å². The van der Waals surface area contributed by atoms with Crippen molar-refractivity contribution in [2.75, 3.05) is 13.2 Å². The Morgan fingerprint density at radius 2 is 1.79 bits per heavy atom. The zero-order valence-electron chi connectivity index (χ0n) is 12.4. The molecule has 2 unspecified atom stereocenters. The molecule has 1 heterocycles. The van der Waals surface area contributed by atoms with Gasteiger partial charge in [0.2, 0.25) is 0 Å². The third kappa shape index (κ3) is 3.41. The predicted octanol–water partition coefficient (Wildman–Crippen LogP) is 3.53. The Hall–Kier alpha value is -1.22. The second-order valence-electron chi connectivity index (χ2n) is 6.51. The molecule has 0 fully saturated rings. The van der Waals surface area contributed by atoms with Crippen LogP contribution in [0.2, 0.25) is 0 Å². The normalized spacial score (nSPS) is 17.9. The van der Waals surface area contributed by atoms with Gasteiger partial charge in [-0.1, -0.05) is 33.8 Å². The number of nitrogens with two attached hydrogens (primary N) is 1. The third-order valence-electron chi connectivity index (χ3n) is 4.08. The van der Waals surface area contributed by atoms with Crippen LogP contribution in [0.5, 0.6) is 11.5 Å². The zero-order chi connectivity index (χ0) is 14.0. The van der Waals surface area contributed by atoms with Crippen LogP contribution in [0.25, 0.3) is 0 Å². The van der Waals surface area contributed by atoms with Crippen molar-refractivity contribution in [3.63, 3.8) is 0 Å². The van der Waals surface area contributed by atoms with Gasteiger partial charge in [0.25, 0.3) is 0 Å². The molecule has 3 heteroatoms. The van der Waals surface area contributed by atoms with Crippen LogP contribution in [0.15, 0.2) is 18.2 Å². The highest BCUT2D eigenvalue weighted by Crippen LogP contribution is 2.36. The quantitative estimate of drug-likeness (QED) is 0.907. The second kappa shape index (κ2) is 5.41. The van der Waals surface area contributed by atoms with Gasteiger partial charge in [0.15, 0.2) is 11.5 Å². The summed E-state index contributed by atoms with van der Waals surface area (Å²) in [6.07, 6.45) is 0.975. The fraction of sp³-hybridized carbons (Fsp3) is 0.625. The molecule has 0 aliphatic carbocycles. The van der Waals surface area contributed by atoms with E-state index in [-0.39, 0.29) is 11.5 Å². The maximum Gasteiger partial charge on any atom is 0.161 e. The molecule has 2 atom stereocenters. The van der Waals surface area contributed by atoms with Crippen molar-refractivity contribution in [3.8, 4) is 11.5 Å². The summed E-state index contributed by atoms with van der Waals surface area (Å²) in [4.78, 5) is 0. The number of rotatable bonds is 3. The Bertz CT molecular complexity index is 437. The number of hydrogen-bond donors (Lipinski definition) is 1. The van der Waals surface area contributed by atoms with E-state index in [4.69, 9.17) is 15.2 Å². The molecule has 0 radical (unpaired) electrons. The fourth-order valence-corrected chi connectivity index (χ4v) is 2.16. The summed E-state index contributed by atoms with van der Waals surface area (Å²) in [5, 5.41) is 0.